The zero-order valence-corrected chi connectivity index (χ0v) is 25.4. The maximum Gasteiger partial charge on any atom is 0.268 e. The second kappa shape index (κ2) is 15.0. The number of nitrogens with zero attached hydrogens (tertiary/aromatic N) is 1. The quantitative estimate of drug-likeness (QED) is 0.0512. The predicted molar refractivity (Wildman–Crippen MR) is 177 cm³/mol. The van der Waals surface area contributed by atoms with Crippen LogP contribution in [0.1, 0.15) is 53.3 Å². The summed E-state index contributed by atoms with van der Waals surface area (Å²) >= 11 is 4.17. The molecule has 0 aliphatic carbocycles. The molecule has 0 radical (unpaired) electrons. The van der Waals surface area contributed by atoms with Gasteiger partial charge in [0.25, 0.3) is 5.91 Å². The molecule has 8 heteroatoms. The SMILES string of the molecule is NN(CCS)C(=O)c1cc(OCc2ccc(C(=O)c3ccccc3)cc2)cc(OCc2ccc(C(=O)c3ccccc3)cc2)c1. The van der Waals surface area contributed by atoms with Crippen LogP contribution in [0, 0.1) is 0 Å². The van der Waals surface area contributed by atoms with Crippen molar-refractivity contribution in [3.05, 3.63) is 166 Å². The van der Waals surface area contributed by atoms with Crippen LogP contribution in [-0.4, -0.2) is 34.8 Å². The fourth-order valence-corrected chi connectivity index (χ4v) is 4.80. The van der Waals surface area contributed by atoms with E-state index in [0.717, 1.165) is 16.1 Å². The Morgan fingerprint density at radius 2 is 0.956 bits per heavy atom. The van der Waals surface area contributed by atoms with Crippen molar-refractivity contribution in [1.82, 2.24) is 5.01 Å². The van der Waals surface area contributed by atoms with Crippen molar-refractivity contribution in [3.8, 4) is 11.5 Å². The molecule has 0 aromatic heterocycles. The highest BCUT2D eigenvalue weighted by molar-refractivity contribution is 7.80. The van der Waals surface area contributed by atoms with E-state index in [1.807, 2.05) is 60.7 Å². The van der Waals surface area contributed by atoms with Gasteiger partial charge in [0.15, 0.2) is 11.6 Å². The molecule has 0 aliphatic heterocycles. The smallest absolute Gasteiger partial charge is 0.268 e. The molecule has 0 bridgehead atoms. The zero-order chi connectivity index (χ0) is 31.6. The number of hydrazine groups is 1. The van der Waals surface area contributed by atoms with E-state index in [2.05, 4.69) is 12.6 Å². The van der Waals surface area contributed by atoms with Gasteiger partial charge in [-0.05, 0) is 23.3 Å². The van der Waals surface area contributed by atoms with Crippen molar-refractivity contribution >= 4 is 30.1 Å². The molecule has 5 aromatic carbocycles. The summed E-state index contributed by atoms with van der Waals surface area (Å²) in [7, 11) is 0. The highest BCUT2D eigenvalue weighted by Gasteiger charge is 2.16. The van der Waals surface area contributed by atoms with Gasteiger partial charge in [0.1, 0.15) is 24.7 Å². The number of carbonyl (C=O) groups excluding carboxylic acids is 3. The summed E-state index contributed by atoms with van der Waals surface area (Å²) in [6, 6.07) is 37.6. The summed E-state index contributed by atoms with van der Waals surface area (Å²) in [5.41, 5.74) is 4.41. The largest absolute Gasteiger partial charge is 0.489 e. The fraction of sp³-hybridized carbons (Fsp3) is 0.108. The van der Waals surface area contributed by atoms with Gasteiger partial charge in [-0.1, -0.05) is 109 Å². The molecule has 5 rings (SSSR count). The average Bonchev–Trinajstić information content (AvgIpc) is 3.10. The molecular formula is C37H32N2O5S. The van der Waals surface area contributed by atoms with Crippen molar-refractivity contribution in [3.63, 3.8) is 0 Å². The van der Waals surface area contributed by atoms with Gasteiger partial charge < -0.3 is 9.47 Å². The van der Waals surface area contributed by atoms with E-state index in [1.54, 1.807) is 66.7 Å². The molecule has 2 N–H and O–H groups in total. The van der Waals surface area contributed by atoms with Crippen LogP contribution in [0.15, 0.2) is 127 Å². The van der Waals surface area contributed by atoms with E-state index in [-0.39, 0.29) is 31.3 Å². The third-order valence-electron chi connectivity index (χ3n) is 7.04. The summed E-state index contributed by atoms with van der Waals surface area (Å²) in [6.07, 6.45) is 0. The number of nitrogens with two attached hydrogens (primary N) is 1. The number of rotatable bonds is 13. The fourth-order valence-electron chi connectivity index (χ4n) is 4.59. The maximum atomic E-state index is 13.0. The summed E-state index contributed by atoms with van der Waals surface area (Å²) in [5, 5.41) is 1.10. The summed E-state index contributed by atoms with van der Waals surface area (Å²) in [6.45, 7) is 0.679. The second-order valence-electron chi connectivity index (χ2n) is 10.3. The molecule has 45 heavy (non-hydrogen) atoms. The first-order valence-corrected chi connectivity index (χ1v) is 15.0. The molecular weight excluding hydrogens is 584 g/mol. The molecule has 0 saturated heterocycles. The number of hydrogen-bond donors (Lipinski definition) is 2. The van der Waals surface area contributed by atoms with Gasteiger partial charge in [-0.15, -0.1) is 0 Å². The molecule has 0 atom stereocenters. The topological polar surface area (TPSA) is 98.9 Å². The summed E-state index contributed by atoms with van der Waals surface area (Å²) < 4.78 is 12.1. The third kappa shape index (κ3) is 8.26. The van der Waals surface area contributed by atoms with Gasteiger partial charge in [-0.3, -0.25) is 19.4 Å². The summed E-state index contributed by atoms with van der Waals surface area (Å²) in [4.78, 5) is 38.5. The number of carbonyl (C=O) groups is 3. The van der Waals surface area contributed by atoms with Crippen LogP contribution in [-0.2, 0) is 13.2 Å². The van der Waals surface area contributed by atoms with Gasteiger partial charge in [0, 0.05) is 46.2 Å². The van der Waals surface area contributed by atoms with Crippen LogP contribution in [0.25, 0.3) is 0 Å². The second-order valence-corrected chi connectivity index (χ2v) is 10.7. The molecule has 0 heterocycles. The van der Waals surface area contributed by atoms with E-state index < -0.39 is 5.91 Å². The molecule has 226 valence electrons. The molecule has 7 nitrogen and oxygen atoms in total. The van der Waals surface area contributed by atoms with Crippen LogP contribution in [0.2, 0.25) is 0 Å². The molecule has 0 aliphatic rings. The van der Waals surface area contributed by atoms with Gasteiger partial charge >= 0.3 is 0 Å². The van der Waals surface area contributed by atoms with E-state index in [9.17, 15) is 14.4 Å². The van der Waals surface area contributed by atoms with Gasteiger partial charge in [0.05, 0.1) is 0 Å². The number of benzene rings is 5. The summed E-state index contributed by atoms with van der Waals surface area (Å²) in [5.74, 6) is 6.69. The highest BCUT2D eigenvalue weighted by atomic mass is 32.1. The maximum absolute atomic E-state index is 13.0. The molecule has 0 fully saturated rings. The lowest BCUT2D eigenvalue weighted by atomic mass is 10.0. The highest BCUT2D eigenvalue weighted by Crippen LogP contribution is 2.26. The Morgan fingerprint density at radius 1 is 0.556 bits per heavy atom. The van der Waals surface area contributed by atoms with Crippen molar-refractivity contribution < 1.29 is 23.9 Å². The molecule has 0 saturated carbocycles. The Bertz CT molecular complexity index is 1640. The molecule has 5 aromatic rings. The first-order valence-electron chi connectivity index (χ1n) is 14.4. The number of amides is 1. The lowest BCUT2D eigenvalue weighted by molar-refractivity contribution is 0.0764. The van der Waals surface area contributed by atoms with Crippen molar-refractivity contribution in [2.75, 3.05) is 12.3 Å². The molecule has 0 spiro atoms. The van der Waals surface area contributed by atoms with Crippen molar-refractivity contribution in [2.45, 2.75) is 13.2 Å². The van der Waals surface area contributed by atoms with E-state index in [4.69, 9.17) is 15.3 Å². The van der Waals surface area contributed by atoms with E-state index in [0.29, 0.717) is 45.1 Å². The van der Waals surface area contributed by atoms with Crippen LogP contribution >= 0.6 is 12.6 Å². The van der Waals surface area contributed by atoms with Gasteiger partial charge in [-0.2, -0.15) is 12.6 Å². The predicted octanol–water partition coefficient (Wildman–Crippen LogP) is 6.55. The van der Waals surface area contributed by atoms with Crippen molar-refractivity contribution in [2.24, 2.45) is 5.84 Å². The minimum absolute atomic E-state index is 0.0546. The van der Waals surface area contributed by atoms with E-state index >= 15 is 0 Å². The Balaban J connectivity index is 1.28. The Labute approximate surface area is 267 Å². The minimum Gasteiger partial charge on any atom is -0.489 e. The minimum atomic E-state index is -0.396. The molecule has 0 unspecified atom stereocenters. The van der Waals surface area contributed by atoms with E-state index in [1.165, 1.54) is 0 Å². The lowest BCUT2D eigenvalue weighted by Gasteiger charge is -2.17. The monoisotopic (exact) mass is 616 g/mol. The van der Waals surface area contributed by atoms with Gasteiger partial charge in [0.2, 0.25) is 0 Å². The van der Waals surface area contributed by atoms with Crippen LogP contribution < -0.4 is 15.3 Å². The first kappa shape index (κ1) is 31.3. The Kier molecular flexibility index (Phi) is 10.4. The van der Waals surface area contributed by atoms with Gasteiger partial charge in [-0.25, -0.2) is 5.84 Å². The third-order valence-corrected chi connectivity index (χ3v) is 7.24. The first-order chi connectivity index (χ1) is 21.9. The van der Waals surface area contributed by atoms with Crippen LogP contribution in [0.3, 0.4) is 0 Å². The van der Waals surface area contributed by atoms with Crippen LogP contribution in [0.5, 0.6) is 11.5 Å². The normalized spacial score (nSPS) is 10.6. The number of hydrogen-bond acceptors (Lipinski definition) is 7. The number of ether oxygens (including phenoxy) is 2. The Hall–Kier alpha value is -5.18. The average molecular weight is 617 g/mol. The van der Waals surface area contributed by atoms with Crippen molar-refractivity contribution in [1.29, 1.82) is 0 Å². The Morgan fingerprint density at radius 3 is 1.36 bits per heavy atom. The molecule has 1 amide bonds. The lowest BCUT2D eigenvalue weighted by Crippen LogP contribution is -2.38. The number of thiol groups is 1. The number of ketones is 2. The zero-order valence-electron chi connectivity index (χ0n) is 24.5. The van der Waals surface area contributed by atoms with Crippen LogP contribution in [0.4, 0.5) is 0 Å². The standard InChI is InChI=1S/C37H32N2O5S/c38-39(19-20-45)37(42)32-21-33(43-24-26-11-15-30(16-12-26)35(40)28-7-3-1-4-8-28)23-34(22-32)44-25-27-13-17-31(18-14-27)36(41)29-9-5-2-6-10-29/h1-18,21-23,45H,19-20,24-25,38H2.